The van der Waals surface area contributed by atoms with E-state index in [4.69, 9.17) is 19.9 Å². The second-order valence-corrected chi connectivity index (χ2v) is 5.59. The number of halogens is 1. The van der Waals surface area contributed by atoms with Crippen LogP contribution in [0.1, 0.15) is 15.9 Å². The van der Waals surface area contributed by atoms with Crippen LogP contribution in [0.25, 0.3) is 0 Å². The molecule has 0 radical (unpaired) electrons. The van der Waals surface area contributed by atoms with Gasteiger partial charge in [0.2, 0.25) is 0 Å². The summed E-state index contributed by atoms with van der Waals surface area (Å²) in [6.07, 6.45) is 0. The van der Waals surface area contributed by atoms with Gasteiger partial charge in [0, 0.05) is 10.0 Å². The lowest BCUT2D eigenvalue weighted by molar-refractivity contribution is 0.0996. The third-order valence-electron chi connectivity index (χ3n) is 3.25. The maximum Gasteiger partial charge on any atom is 0.252 e. The minimum Gasteiger partial charge on any atom is -0.488 e. The van der Waals surface area contributed by atoms with E-state index in [0.29, 0.717) is 36.0 Å². The normalized spacial score (nSPS) is 12.8. The summed E-state index contributed by atoms with van der Waals surface area (Å²) in [6.45, 7) is 1.35. The van der Waals surface area contributed by atoms with Crippen molar-refractivity contribution in [1.29, 1.82) is 0 Å². The van der Waals surface area contributed by atoms with Crippen LogP contribution in [0, 0.1) is 0 Å². The number of hydrogen-bond donors (Lipinski definition) is 1. The smallest absolute Gasteiger partial charge is 0.252 e. The Morgan fingerprint density at radius 2 is 1.86 bits per heavy atom. The average Bonchev–Trinajstić information content (AvgIpc) is 2.53. The van der Waals surface area contributed by atoms with Gasteiger partial charge in [-0.25, -0.2) is 0 Å². The molecule has 5 nitrogen and oxygen atoms in total. The summed E-state index contributed by atoms with van der Waals surface area (Å²) in [5.74, 6) is 1.34. The quantitative estimate of drug-likeness (QED) is 0.906. The standard InChI is InChI=1S/C16H14BrNO4/c17-12-8-15-14(20-5-6-21-15)7-10(12)9-22-13-4-2-1-3-11(13)16(18)19/h1-4,7-8H,5-6,9H2,(H2,18,19). The highest BCUT2D eigenvalue weighted by molar-refractivity contribution is 9.10. The van der Waals surface area contributed by atoms with Crippen molar-refractivity contribution < 1.29 is 19.0 Å². The third-order valence-corrected chi connectivity index (χ3v) is 3.99. The van der Waals surface area contributed by atoms with Crippen molar-refractivity contribution in [2.45, 2.75) is 6.61 Å². The summed E-state index contributed by atoms with van der Waals surface area (Å²) >= 11 is 3.49. The van der Waals surface area contributed by atoms with E-state index in [2.05, 4.69) is 15.9 Å². The lowest BCUT2D eigenvalue weighted by Gasteiger charge is -2.20. The zero-order valence-corrected chi connectivity index (χ0v) is 13.3. The van der Waals surface area contributed by atoms with Crippen LogP contribution < -0.4 is 19.9 Å². The summed E-state index contributed by atoms with van der Waals surface area (Å²) < 4.78 is 17.7. The van der Waals surface area contributed by atoms with Crippen molar-refractivity contribution in [1.82, 2.24) is 0 Å². The molecule has 1 aliphatic heterocycles. The Hall–Kier alpha value is -2.21. The number of primary amides is 1. The highest BCUT2D eigenvalue weighted by atomic mass is 79.9. The van der Waals surface area contributed by atoms with Crippen LogP contribution in [0.2, 0.25) is 0 Å². The van der Waals surface area contributed by atoms with E-state index in [0.717, 1.165) is 10.0 Å². The maximum atomic E-state index is 11.4. The van der Waals surface area contributed by atoms with Crippen molar-refractivity contribution in [3.8, 4) is 17.2 Å². The molecule has 1 amide bonds. The molecule has 0 unspecified atom stereocenters. The second-order valence-electron chi connectivity index (χ2n) is 4.74. The van der Waals surface area contributed by atoms with E-state index in [1.54, 1.807) is 24.3 Å². The zero-order chi connectivity index (χ0) is 15.5. The second kappa shape index (κ2) is 6.27. The van der Waals surface area contributed by atoms with E-state index in [1.165, 1.54) is 0 Å². The largest absolute Gasteiger partial charge is 0.488 e. The highest BCUT2D eigenvalue weighted by Crippen LogP contribution is 2.36. The Bertz CT molecular complexity index is 717. The molecule has 2 N–H and O–H groups in total. The number of nitrogens with two attached hydrogens (primary N) is 1. The highest BCUT2D eigenvalue weighted by Gasteiger charge is 2.16. The molecule has 114 valence electrons. The number of carbonyl (C=O) groups is 1. The monoisotopic (exact) mass is 363 g/mol. The zero-order valence-electron chi connectivity index (χ0n) is 11.7. The maximum absolute atomic E-state index is 11.4. The topological polar surface area (TPSA) is 70.8 Å². The average molecular weight is 364 g/mol. The number of carbonyl (C=O) groups excluding carboxylic acids is 1. The first kappa shape index (κ1) is 14.7. The van der Waals surface area contributed by atoms with Crippen LogP contribution >= 0.6 is 15.9 Å². The van der Waals surface area contributed by atoms with Gasteiger partial charge < -0.3 is 19.9 Å². The van der Waals surface area contributed by atoms with E-state index < -0.39 is 5.91 Å². The molecule has 0 saturated carbocycles. The number of amides is 1. The first-order valence-corrected chi connectivity index (χ1v) is 7.54. The van der Waals surface area contributed by atoms with Crippen molar-refractivity contribution in [2.75, 3.05) is 13.2 Å². The van der Waals surface area contributed by atoms with Crippen LogP contribution in [0.4, 0.5) is 0 Å². The van der Waals surface area contributed by atoms with Crippen LogP contribution in [0.3, 0.4) is 0 Å². The summed E-state index contributed by atoms with van der Waals surface area (Å²) in [5.41, 5.74) is 6.59. The fraction of sp³-hybridized carbons (Fsp3) is 0.188. The molecule has 0 spiro atoms. The molecule has 6 heteroatoms. The molecular formula is C16H14BrNO4. The van der Waals surface area contributed by atoms with Crippen molar-refractivity contribution in [3.05, 3.63) is 52.0 Å². The fourth-order valence-corrected chi connectivity index (χ4v) is 2.61. The number of para-hydroxylation sites is 1. The Morgan fingerprint density at radius 3 is 2.59 bits per heavy atom. The molecule has 2 aromatic rings. The Kier molecular flexibility index (Phi) is 4.20. The summed E-state index contributed by atoms with van der Waals surface area (Å²) in [6, 6.07) is 10.6. The van der Waals surface area contributed by atoms with E-state index in [-0.39, 0.29) is 6.61 Å². The van der Waals surface area contributed by atoms with Crippen molar-refractivity contribution >= 4 is 21.8 Å². The van der Waals surface area contributed by atoms with E-state index in [9.17, 15) is 4.79 Å². The fourth-order valence-electron chi connectivity index (χ4n) is 2.17. The summed E-state index contributed by atoms with van der Waals surface area (Å²) in [5, 5.41) is 0. The van der Waals surface area contributed by atoms with Gasteiger partial charge in [-0.2, -0.15) is 0 Å². The molecule has 1 aliphatic rings. The van der Waals surface area contributed by atoms with Gasteiger partial charge >= 0.3 is 0 Å². The van der Waals surface area contributed by atoms with Gasteiger partial charge in [-0.05, 0) is 24.3 Å². The van der Waals surface area contributed by atoms with Crippen LogP contribution in [0.5, 0.6) is 17.2 Å². The Balaban J connectivity index is 1.81. The number of ether oxygens (including phenoxy) is 3. The first-order valence-electron chi connectivity index (χ1n) is 6.75. The Labute approximate surface area is 136 Å². The molecule has 0 fully saturated rings. The van der Waals surface area contributed by atoms with Gasteiger partial charge in [-0.15, -0.1) is 0 Å². The molecule has 0 saturated heterocycles. The summed E-state index contributed by atoms with van der Waals surface area (Å²) in [7, 11) is 0. The van der Waals surface area contributed by atoms with Gasteiger partial charge in [0.15, 0.2) is 11.5 Å². The molecule has 0 atom stereocenters. The molecular weight excluding hydrogens is 350 g/mol. The number of fused-ring (bicyclic) bond motifs is 1. The molecule has 2 aromatic carbocycles. The number of hydrogen-bond acceptors (Lipinski definition) is 4. The molecule has 0 aliphatic carbocycles. The SMILES string of the molecule is NC(=O)c1ccccc1OCc1cc2c(cc1Br)OCCO2. The lowest BCUT2D eigenvalue weighted by Crippen LogP contribution is -2.16. The van der Waals surface area contributed by atoms with E-state index in [1.807, 2.05) is 12.1 Å². The third kappa shape index (κ3) is 3.01. The molecule has 0 bridgehead atoms. The Morgan fingerprint density at radius 1 is 1.18 bits per heavy atom. The number of benzene rings is 2. The lowest BCUT2D eigenvalue weighted by atomic mass is 10.2. The van der Waals surface area contributed by atoms with Crippen LogP contribution in [-0.2, 0) is 6.61 Å². The van der Waals surface area contributed by atoms with Gasteiger partial charge in [0.05, 0.1) is 5.56 Å². The van der Waals surface area contributed by atoms with Crippen LogP contribution in [-0.4, -0.2) is 19.1 Å². The number of rotatable bonds is 4. The van der Waals surface area contributed by atoms with Crippen molar-refractivity contribution in [3.63, 3.8) is 0 Å². The van der Waals surface area contributed by atoms with Crippen LogP contribution in [0.15, 0.2) is 40.9 Å². The minimum atomic E-state index is -0.517. The molecule has 0 aromatic heterocycles. The summed E-state index contributed by atoms with van der Waals surface area (Å²) in [4.78, 5) is 11.4. The first-order chi connectivity index (χ1) is 10.6. The van der Waals surface area contributed by atoms with Gasteiger partial charge in [0.1, 0.15) is 25.6 Å². The van der Waals surface area contributed by atoms with E-state index >= 15 is 0 Å². The minimum absolute atomic E-state index is 0.279. The van der Waals surface area contributed by atoms with Crippen molar-refractivity contribution in [2.24, 2.45) is 5.73 Å². The predicted molar refractivity (Wildman–Crippen MR) is 84.4 cm³/mol. The van der Waals surface area contributed by atoms with Gasteiger partial charge in [-0.3, -0.25) is 4.79 Å². The predicted octanol–water partition coefficient (Wildman–Crippen LogP) is 2.90. The van der Waals surface area contributed by atoms with Gasteiger partial charge in [-0.1, -0.05) is 28.1 Å². The van der Waals surface area contributed by atoms with Gasteiger partial charge in [0.25, 0.3) is 5.91 Å². The molecule has 3 rings (SSSR count). The molecule has 22 heavy (non-hydrogen) atoms. The molecule has 1 heterocycles.